The predicted molar refractivity (Wildman–Crippen MR) is 180 cm³/mol. The van der Waals surface area contributed by atoms with Gasteiger partial charge in [-0.25, -0.2) is 0 Å². The molecule has 0 spiro atoms. The Morgan fingerprint density at radius 3 is 1.64 bits per heavy atom. The minimum atomic E-state index is 0.0348. The van der Waals surface area contributed by atoms with Gasteiger partial charge in [0.15, 0.2) is 0 Å². The number of hydrogen-bond donors (Lipinski definition) is 0. The molecule has 0 N–H and O–H groups in total. The summed E-state index contributed by atoms with van der Waals surface area (Å²) in [5, 5.41) is 5.27. The fourth-order valence-corrected chi connectivity index (χ4v) is 8.40. The van der Waals surface area contributed by atoms with Crippen molar-refractivity contribution < 1.29 is 0 Å². The summed E-state index contributed by atoms with van der Waals surface area (Å²) >= 11 is 0. The van der Waals surface area contributed by atoms with Crippen LogP contribution in [0.4, 0.5) is 11.4 Å². The molecule has 2 unspecified atom stereocenters. The molecular weight excluding hydrogens is 506 g/mol. The molecule has 0 aromatic heterocycles. The topological polar surface area (TPSA) is 3.24 Å². The number of fused-ring (bicyclic) bond motifs is 5. The number of benzene rings is 6. The largest absolute Gasteiger partial charge is 0.334 e. The second-order valence-corrected chi connectivity index (χ2v) is 12.8. The van der Waals surface area contributed by atoms with Crippen LogP contribution in [0.25, 0.3) is 43.8 Å². The van der Waals surface area contributed by atoms with Crippen LogP contribution in [-0.4, -0.2) is 5.54 Å². The molecule has 1 heterocycles. The maximum absolute atomic E-state index is 2.69. The van der Waals surface area contributed by atoms with E-state index in [1.807, 2.05) is 0 Å². The Labute approximate surface area is 249 Å². The highest BCUT2D eigenvalue weighted by Gasteiger charge is 2.56. The molecule has 8 rings (SSSR count). The van der Waals surface area contributed by atoms with Gasteiger partial charge in [-0.15, -0.1) is 0 Å². The van der Waals surface area contributed by atoms with E-state index in [2.05, 4.69) is 146 Å². The predicted octanol–water partition coefficient (Wildman–Crippen LogP) is 11.5. The number of nitrogens with zero attached hydrogens (tertiary/aromatic N) is 1. The summed E-state index contributed by atoms with van der Waals surface area (Å²) in [6.45, 7) is 5.09. The molecule has 1 aliphatic heterocycles. The zero-order valence-electron chi connectivity index (χ0n) is 24.6. The molecule has 42 heavy (non-hydrogen) atoms. The van der Waals surface area contributed by atoms with Crippen molar-refractivity contribution in [1.29, 1.82) is 0 Å². The Balaban J connectivity index is 1.42. The third-order valence-corrected chi connectivity index (χ3v) is 10.7. The number of anilines is 2. The molecule has 6 aromatic carbocycles. The van der Waals surface area contributed by atoms with Crippen LogP contribution in [0.5, 0.6) is 0 Å². The fraction of sp³-hybridized carbons (Fsp3) is 0.220. The van der Waals surface area contributed by atoms with Gasteiger partial charge >= 0.3 is 0 Å². The van der Waals surface area contributed by atoms with Crippen LogP contribution in [0.15, 0.2) is 127 Å². The number of rotatable bonds is 3. The molecule has 0 saturated heterocycles. The monoisotopic (exact) mass is 543 g/mol. The van der Waals surface area contributed by atoms with Crippen LogP contribution in [0.2, 0.25) is 0 Å². The quantitative estimate of drug-likeness (QED) is 0.201. The van der Waals surface area contributed by atoms with Gasteiger partial charge in [-0.2, -0.15) is 0 Å². The average Bonchev–Trinajstić information content (AvgIpc) is 3.11. The Kier molecular flexibility index (Phi) is 5.79. The minimum Gasteiger partial charge on any atom is -0.334 e. The van der Waals surface area contributed by atoms with E-state index in [4.69, 9.17) is 0 Å². The fourth-order valence-electron chi connectivity index (χ4n) is 8.40. The van der Waals surface area contributed by atoms with Crippen molar-refractivity contribution in [3.8, 4) is 22.3 Å². The van der Waals surface area contributed by atoms with E-state index in [0.29, 0.717) is 0 Å². The third kappa shape index (κ3) is 3.56. The zero-order valence-corrected chi connectivity index (χ0v) is 24.6. The standard InChI is InChI=1S/C41H37N/c1-40-26-14-5-15-27-41(40,2)42(31-18-8-4-9-19-31)37-25-24-30(28-36(37)40)39-34-22-12-10-20-32(34)38(29-16-6-3-7-17-29)33-21-11-13-23-35(33)39/h3-4,6-13,16-25,28H,5,14-15,26-27H2,1-2H3. The number of para-hydroxylation sites is 1. The highest BCUT2D eigenvalue weighted by Crippen LogP contribution is 2.60. The van der Waals surface area contributed by atoms with Crippen molar-refractivity contribution in [2.24, 2.45) is 0 Å². The molecule has 1 aliphatic carbocycles. The summed E-state index contributed by atoms with van der Waals surface area (Å²) in [5.74, 6) is 0. The maximum atomic E-state index is 2.69. The summed E-state index contributed by atoms with van der Waals surface area (Å²) in [7, 11) is 0. The molecule has 0 bridgehead atoms. The number of hydrogen-bond acceptors (Lipinski definition) is 1. The van der Waals surface area contributed by atoms with E-state index in [9.17, 15) is 0 Å². The van der Waals surface area contributed by atoms with Crippen molar-refractivity contribution in [3.63, 3.8) is 0 Å². The summed E-state index contributed by atoms with van der Waals surface area (Å²) in [5.41, 5.74) is 9.57. The Hall–Kier alpha value is -4.36. The summed E-state index contributed by atoms with van der Waals surface area (Å²) in [6.07, 6.45) is 6.32. The van der Waals surface area contributed by atoms with Gasteiger partial charge in [0.2, 0.25) is 0 Å². The van der Waals surface area contributed by atoms with Gasteiger partial charge in [0.1, 0.15) is 0 Å². The van der Waals surface area contributed by atoms with E-state index in [0.717, 1.165) is 0 Å². The molecule has 0 amide bonds. The van der Waals surface area contributed by atoms with Gasteiger partial charge in [0, 0.05) is 16.8 Å². The molecule has 1 fully saturated rings. The molecule has 2 aliphatic rings. The lowest BCUT2D eigenvalue weighted by molar-refractivity contribution is 0.261. The van der Waals surface area contributed by atoms with E-state index in [1.54, 1.807) is 0 Å². The van der Waals surface area contributed by atoms with Crippen LogP contribution in [0.1, 0.15) is 51.5 Å². The van der Waals surface area contributed by atoms with Crippen molar-refractivity contribution in [1.82, 2.24) is 0 Å². The lowest BCUT2D eigenvalue weighted by Gasteiger charge is -2.46. The minimum absolute atomic E-state index is 0.0348. The Bertz CT molecular complexity index is 1880. The second kappa shape index (κ2) is 9.60. The zero-order chi connectivity index (χ0) is 28.3. The van der Waals surface area contributed by atoms with Gasteiger partial charge in [-0.05, 0) is 93.4 Å². The second-order valence-electron chi connectivity index (χ2n) is 12.8. The van der Waals surface area contributed by atoms with Crippen molar-refractivity contribution in [3.05, 3.63) is 133 Å². The highest BCUT2D eigenvalue weighted by molar-refractivity contribution is 6.21. The molecule has 1 saturated carbocycles. The van der Waals surface area contributed by atoms with E-state index in [1.165, 1.54) is 92.8 Å². The van der Waals surface area contributed by atoms with Crippen molar-refractivity contribution in [2.45, 2.75) is 56.9 Å². The van der Waals surface area contributed by atoms with Crippen LogP contribution in [0, 0.1) is 0 Å². The molecule has 6 aromatic rings. The van der Waals surface area contributed by atoms with Gasteiger partial charge in [-0.3, -0.25) is 0 Å². The molecule has 2 atom stereocenters. The smallest absolute Gasteiger partial charge is 0.0517 e. The van der Waals surface area contributed by atoms with Gasteiger partial charge in [0.25, 0.3) is 0 Å². The van der Waals surface area contributed by atoms with Crippen molar-refractivity contribution in [2.75, 3.05) is 4.90 Å². The highest BCUT2D eigenvalue weighted by atomic mass is 15.2. The lowest BCUT2D eigenvalue weighted by Crippen LogP contribution is -2.52. The van der Waals surface area contributed by atoms with Crippen LogP contribution in [-0.2, 0) is 5.41 Å². The Morgan fingerprint density at radius 1 is 0.500 bits per heavy atom. The summed E-state index contributed by atoms with van der Waals surface area (Å²) < 4.78 is 0. The van der Waals surface area contributed by atoms with Crippen molar-refractivity contribution >= 4 is 32.9 Å². The lowest BCUT2D eigenvalue weighted by atomic mass is 9.66. The first-order valence-electron chi connectivity index (χ1n) is 15.6. The summed E-state index contributed by atoms with van der Waals surface area (Å²) in [4.78, 5) is 2.69. The summed E-state index contributed by atoms with van der Waals surface area (Å²) in [6, 6.07) is 47.4. The first kappa shape index (κ1) is 25.4. The van der Waals surface area contributed by atoms with Gasteiger partial charge < -0.3 is 4.90 Å². The van der Waals surface area contributed by atoms with Crippen LogP contribution < -0.4 is 4.90 Å². The van der Waals surface area contributed by atoms with E-state index < -0.39 is 0 Å². The molecule has 1 heteroatoms. The van der Waals surface area contributed by atoms with Gasteiger partial charge in [0.05, 0.1) is 5.54 Å². The first-order valence-corrected chi connectivity index (χ1v) is 15.6. The third-order valence-electron chi connectivity index (χ3n) is 10.7. The van der Waals surface area contributed by atoms with E-state index in [-0.39, 0.29) is 11.0 Å². The van der Waals surface area contributed by atoms with Crippen LogP contribution >= 0.6 is 0 Å². The molecule has 206 valence electrons. The normalized spacial score (nSPS) is 21.7. The average molecular weight is 544 g/mol. The van der Waals surface area contributed by atoms with Crippen LogP contribution in [0.3, 0.4) is 0 Å². The maximum Gasteiger partial charge on any atom is 0.0517 e. The molecular formula is C41H37N. The van der Waals surface area contributed by atoms with E-state index >= 15 is 0 Å². The molecule has 1 nitrogen and oxygen atoms in total. The Morgan fingerprint density at radius 2 is 1.02 bits per heavy atom. The SMILES string of the molecule is CC12CCCCCC1(C)N(c1ccccc1)c1ccc(-c3c4ccccc4c(-c4ccccc4)c4ccccc34)cc12. The van der Waals surface area contributed by atoms with Gasteiger partial charge in [-0.1, -0.05) is 129 Å². The molecule has 0 radical (unpaired) electrons. The first-order chi connectivity index (χ1) is 20.6.